The van der Waals surface area contributed by atoms with Gasteiger partial charge in [0.1, 0.15) is 12.0 Å². The zero-order valence-corrected chi connectivity index (χ0v) is 13.7. The van der Waals surface area contributed by atoms with Gasteiger partial charge in [0.05, 0.1) is 16.8 Å². The van der Waals surface area contributed by atoms with Crippen LogP contribution < -0.4 is 10.9 Å². The fourth-order valence-electron chi connectivity index (χ4n) is 1.73. The van der Waals surface area contributed by atoms with Crippen LogP contribution >= 0.6 is 0 Å². The lowest BCUT2D eigenvalue weighted by Gasteiger charge is -2.22. The lowest BCUT2D eigenvalue weighted by atomic mass is 10.1. The number of esters is 1. The highest BCUT2D eigenvalue weighted by molar-refractivity contribution is 6.03. The number of anilines is 1. The van der Waals surface area contributed by atoms with E-state index in [1.165, 1.54) is 20.8 Å². The molecule has 7 nitrogen and oxygen atoms in total. The average molecular weight is 362 g/mol. The molecule has 1 amide bonds. The van der Waals surface area contributed by atoms with Gasteiger partial charge in [0.15, 0.2) is 0 Å². The smallest absolute Gasteiger partial charge is 0.416 e. The molecule has 0 aliphatic rings. The number of nitrogens with zero attached hydrogens (tertiary/aromatic N) is 1. The van der Waals surface area contributed by atoms with E-state index in [1.807, 2.05) is 0 Å². The van der Waals surface area contributed by atoms with Crippen molar-refractivity contribution in [3.8, 4) is 0 Å². The number of carboxylic acids is 1. The van der Waals surface area contributed by atoms with Crippen LogP contribution in [0.3, 0.4) is 0 Å². The summed E-state index contributed by atoms with van der Waals surface area (Å²) in [6.07, 6.45) is -5.84. The molecule has 0 saturated heterocycles. The second kappa shape index (κ2) is 7.09. The summed E-state index contributed by atoms with van der Waals surface area (Å²) in [7, 11) is 0. The second-order valence-corrected chi connectivity index (χ2v) is 6.10. The van der Waals surface area contributed by atoms with Crippen LogP contribution in [0.5, 0.6) is 0 Å². The molecule has 1 aromatic carbocycles. The van der Waals surface area contributed by atoms with Gasteiger partial charge in [0.25, 0.3) is 5.91 Å². The van der Waals surface area contributed by atoms with Crippen molar-refractivity contribution in [3.05, 3.63) is 29.3 Å². The highest BCUT2D eigenvalue weighted by atomic mass is 19.4. The number of carbonyl (C=O) groups is 3. The second-order valence-electron chi connectivity index (χ2n) is 6.10. The maximum atomic E-state index is 13.0. The first-order valence-electron chi connectivity index (χ1n) is 6.96. The van der Waals surface area contributed by atoms with Crippen LogP contribution in [0, 0.1) is 0 Å². The topological polar surface area (TPSA) is 110 Å². The summed E-state index contributed by atoms with van der Waals surface area (Å²) >= 11 is 0. The molecule has 138 valence electrons. The number of nitrogens with two attached hydrogens (primary N) is 1. The van der Waals surface area contributed by atoms with E-state index >= 15 is 0 Å². The summed E-state index contributed by atoms with van der Waals surface area (Å²) < 4.78 is 44.1. The molecular weight excluding hydrogens is 345 g/mol. The summed E-state index contributed by atoms with van der Waals surface area (Å²) in [4.78, 5) is 34.2. The summed E-state index contributed by atoms with van der Waals surface area (Å²) in [6.45, 7) is 4.60. The van der Waals surface area contributed by atoms with Crippen LogP contribution in [0.15, 0.2) is 18.2 Å². The number of carboxylic acid groups (broad SMARTS) is 1. The number of benzene rings is 1. The van der Waals surface area contributed by atoms with Crippen molar-refractivity contribution >= 4 is 23.5 Å². The zero-order chi connectivity index (χ0) is 19.6. The Balaban J connectivity index is 3.34. The van der Waals surface area contributed by atoms with Crippen molar-refractivity contribution < 1.29 is 37.4 Å². The molecule has 10 heteroatoms. The Morgan fingerprint density at radius 3 is 2.16 bits per heavy atom. The molecule has 0 heterocycles. The molecule has 0 bridgehead atoms. The summed E-state index contributed by atoms with van der Waals surface area (Å²) in [5, 5.41) is 8.82. The van der Waals surface area contributed by atoms with Crippen molar-refractivity contribution in [2.45, 2.75) is 39.0 Å². The molecule has 0 aromatic heterocycles. The number of hydrogen-bond donors (Lipinski definition) is 2. The van der Waals surface area contributed by atoms with Gasteiger partial charge in [-0.3, -0.25) is 9.59 Å². The molecule has 1 aromatic rings. The number of carbonyl (C=O) groups excluding carboxylic acids is 2. The molecule has 25 heavy (non-hydrogen) atoms. The Morgan fingerprint density at radius 1 is 1.16 bits per heavy atom. The maximum absolute atomic E-state index is 13.0. The van der Waals surface area contributed by atoms with E-state index in [4.69, 9.17) is 15.7 Å². The fourth-order valence-corrected chi connectivity index (χ4v) is 1.73. The lowest BCUT2D eigenvalue weighted by Crippen LogP contribution is -2.39. The first-order valence-corrected chi connectivity index (χ1v) is 6.96. The first-order chi connectivity index (χ1) is 11.2. The van der Waals surface area contributed by atoms with Gasteiger partial charge in [-0.1, -0.05) is 0 Å². The zero-order valence-electron chi connectivity index (χ0n) is 13.7. The normalized spacial score (nSPS) is 11.8. The predicted molar refractivity (Wildman–Crippen MR) is 80.5 cm³/mol. The van der Waals surface area contributed by atoms with Crippen molar-refractivity contribution in [2.24, 2.45) is 5.84 Å². The number of hydrogen-bond acceptors (Lipinski definition) is 5. The van der Waals surface area contributed by atoms with Crippen LogP contribution in [0.25, 0.3) is 0 Å². The molecule has 0 aliphatic carbocycles. The first kappa shape index (κ1) is 20.4. The molecule has 0 saturated carbocycles. The van der Waals surface area contributed by atoms with Gasteiger partial charge in [0.2, 0.25) is 0 Å². The number of amides is 1. The van der Waals surface area contributed by atoms with Crippen molar-refractivity contribution in [1.82, 2.24) is 0 Å². The number of hydrazine groups is 1. The Hall–Kier alpha value is -2.62. The molecule has 0 unspecified atom stereocenters. The van der Waals surface area contributed by atoms with E-state index in [1.54, 1.807) is 0 Å². The molecule has 0 spiro atoms. The van der Waals surface area contributed by atoms with Gasteiger partial charge >= 0.3 is 18.1 Å². The van der Waals surface area contributed by atoms with Gasteiger partial charge < -0.3 is 9.84 Å². The molecule has 0 fully saturated rings. The quantitative estimate of drug-likeness (QED) is 0.280. The third-order valence-electron chi connectivity index (χ3n) is 2.73. The highest BCUT2D eigenvalue weighted by Crippen LogP contribution is 2.33. The average Bonchev–Trinajstić information content (AvgIpc) is 2.42. The predicted octanol–water partition coefficient (Wildman–Crippen LogP) is 2.34. The van der Waals surface area contributed by atoms with E-state index in [-0.39, 0.29) is 5.01 Å². The summed E-state index contributed by atoms with van der Waals surface area (Å²) in [6, 6.07) is 2.02. The molecule has 1 rings (SSSR count). The number of alkyl halides is 3. The van der Waals surface area contributed by atoms with E-state index in [0.29, 0.717) is 12.1 Å². The standard InChI is InChI=1S/C15H17F3N2O5/c1-14(2,3)25-13(24)8-4-9(15(16,17)18)6-10(5-8)20(19)11(21)7-12(22)23/h4-6H,7,19H2,1-3H3,(H,22,23). The lowest BCUT2D eigenvalue weighted by molar-refractivity contribution is -0.140. The highest BCUT2D eigenvalue weighted by Gasteiger charge is 2.33. The molecule has 0 atom stereocenters. The summed E-state index contributed by atoms with van der Waals surface area (Å²) in [5.41, 5.74) is -3.14. The van der Waals surface area contributed by atoms with Crippen molar-refractivity contribution in [1.29, 1.82) is 0 Å². The van der Waals surface area contributed by atoms with E-state index < -0.39 is 52.9 Å². The summed E-state index contributed by atoms with van der Waals surface area (Å²) in [5.74, 6) is 1.70. The number of ether oxygens (including phenoxy) is 1. The van der Waals surface area contributed by atoms with Gasteiger partial charge in [-0.05, 0) is 39.0 Å². The number of halogens is 3. The minimum Gasteiger partial charge on any atom is -0.481 e. The van der Waals surface area contributed by atoms with E-state index in [9.17, 15) is 27.6 Å². The van der Waals surface area contributed by atoms with E-state index in [0.717, 1.165) is 6.07 Å². The van der Waals surface area contributed by atoms with Gasteiger partial charge in [-0.15, -0.1) is 0 Å². The molecular formula is C15H17F3N2O5. The third-order valence-corrected chi connectivity index (χ3v) is 2.73. The Kier molecular flexibility index (Phi) is 5.80. The van der Waals surface area contributed by atoms with Gasteiger partial charge in [-0.2, -0.15) is 13.2 Å². The largest absolute Gasteiger partial charge is 0.481 e. The van der Waals surface area contributed by atoms with Crippen LogP contribution in [-0.2, 0) is 20.5 Å². The van der Waals surface area contributed by atoms with Crippen LogP contribution in [-0.4, -0.2) is 28.6 Å². The Morgan fingerprint density at radius 2 is 1.72 bits per heavy atom. The maximum Gasteiger partial charge on any atom is 0.416 e. The molecule has 0 radical (unpaired) electrons. The van der Waals surface area contributed by atoms with Crippen molar-refractivity contribution in [3.63, 3.8) is 0 Å². The van der Waals surface area contributed by atoms with Crippen LogP contribution in [0.2, 0.25) is 0 Å². The van der Waals surface area contributed by atoms with Gasteiger partial charge in [0, 0.05) is 0 Å². The number of rotatable bonds is 4. The number of aliphatic carboxylic acids is 1. The van der Waals surface area contributed by atoms with E-state index in [2.05, 4.69) is 0 Å². The third kappa shape index (κ3) is 6.07. The fraction of sp³-hybridized carbons (Fsp3) is 0.400. The SMILES string of the molecule is CC(C)(C)OC(=O)c1cc(N(N)C(=O)CC(=O)O)cc(C(F)(F)F)c1. The monoisotopic (exact) mass is 362 g/mol. The van der Waals surface area contributed by atoms with Crippen LogP contribution in [0.1, 0.15) is 43.1 Å². The molecule has 0 aliphatic heterocycles. The molecule has 3 N–H and O–H groups in total. The Bertz CT molecular complexity index is 695. The minimum atomic E-state index is -4.82. The van der Waals surface area contributed by atoms with Crippen molar-refractivity contribution in [2.75, 3.05) is 5.01 Å². The minimum absolute atomic E-state index is 0.247. The van der Waals surface area contributed by atoms with Gasteiger partial charge in [-0.25, -0.2) is 15.6 Å². The Labute approximate surface area is 141 Å². The van der Waals surface area contributed by atoms with Crippen LogP contribution in [0.4, 0.5) is 18.9 Å².